The summed E-state index contributed by atoms with van der Waals surface area (Å²) in [4.78, 5) is 2.47. The Morgan fingerprint density at radius 2 is 1.89 bits per heavy atom. The molecule has 1 fully saturated rings. The first-order valence-electron chi connectivity index (χ1n) is 7.27. The third kappa shape index (κ3) is 3.71. The fourth-order valence-corrected chi connectivity index (χ4v) is 2.64. The normalized spacial score (nSPS) is 21.1. The van der Waals surface area contributed by atoms with Crippen molar-refractivity contribution in [2.45, 2.75) is 45.4 Å². The van der Waals surface area contributed by atoms with Crippen LogP contribution in [0.25, 0.3) is 0 Å². The third-order valence-electron chi connectivity index (χ3n) is 3.96. The van der Waals surface area contributed by atoms with Gasteiger partial charge in [0, 0.05) is 18.6 Å². The van der Waals surface area contributed by atoms with Gasteiger partial charge < -0.3 is 10.1 Å². The minimum Gasteiger partial charge on any atom is -0.491 e. The van der Waals surface area contributed by atoms with E-state index in [9.17, 15) is 0 Å². The molecule has 2 unspecified atom stereocenters. The first-order valence-corrected chi connectivity index (χ1v) is 7.27. The Labute approximate surface area is 116 Å². The highest BCUT2D eigenvalue weighted by Gasteiger charge is 2.23. The van der Waals surface area contributed by atoms with E-state index in [0.717, 1.165) is 18.8 Å². The number of likely N-dealkylation sites (N-methyl/N-ethyl adjacent to an activating group) is 1. The maximum absolute atomic E-state index is 5.69. The van der Waals surface area contributed by atoms with E-state index in [4.69, 9.17) is 4.74 Å². The van der Waals surface area contributed by atoms with Gasteiger partial charge in [0.15, 0.2) is 0 Å². The molecule has 1 aromatic rings. The van der Waals surface area contributed by atoms with Gasteiger partial charge in [0.05, 0.1) is 6.10 Å². The molecule has 2 atom stereocenters. The molecule has 1 heterocycles. The van der Waals surface area contributed by atoms with Crippen LogP contribution in [0.3, 0.4) is 0 Å². The zero-order chi connectivity index (χ0) is 13.8. The summed E-state index contributed by atoms with van der Waals surface area (Å²) < 4.78 is 5.69. The second-order valence-corrected chi connectivity index (χ2v) is 5.72. The van der Waals surface area contributed by atoms with Crippen LogP contribution in [0, 0.1) is 0 Å². The van der Waals surface area contributed by atoms with Crippen LogP contribution in [-0.2, 0) is 0 Å². The molecule has 0 amide bonds. The Morgan fingerprint density at radius 1 is 1.21 bits per heavy atom. The fraction of sp³-hybridized carbons (Fsp3) is 0.625. The van der Waals surface area contributed by atoms with E-state index in [-0.39, 0.29) is 6.10 Å². The smallest absolute Gasteiger partial charge is 0.119 e. The van der Waals surface area contributed by atoms with Crippen molar-refractivity contribution in [3.05, 3.63) is 29.8 Å². The van der Waals surface area contributed by atoms with Crippen molar-refractivity contribution in [1.82, 2.24) is 10.2 Å². The van der Waals surface area contributed by atoms with E-state index in [2.05, 4.69) is 62.3 Å². The summed E-state index contributed by atoms with van der Waals surface area (Å²) in [7, 11) is 2.22. The molecule has 1 aliphatic rings. The van der Waals surface area contributed by atoms with Gasteiger partial charge >= 0.3 is 0 Å². The first kappa shape index (κ1) is 14.4. The van der Waals surface area contributed by atoms with Gasteiger partial charge in [-0.2, -0.15) is 0 Å². The molecule has 0 aliphatic carbocycles. The van der Waals surface area contributed by atoms with Gasteiger partial charge in [-0.05, 0) is 58.5 Å². The number of hydrogen-bond acceptors (Lipinski definition) is 3. The number of benzene rings is 1. The van der Waals surface area contributed by atoms with Gasteiger partial charge in [-0.3, -0.25) is 4.90 Å². The van der Waals surface area contributed by atoms with Crippen molar-refractivity contribution in [3.8, 4) is 5.75 Å². The molecule has 0 bridgehead atoms. The molecule has 0 aromatic heterocycles. The molecule has 1 saturated heterocycles. The largest absolute Gasteiger partial charge is 0.491 e. The van der Waals surface area contributed by atoms with Crippen LogP contribution in [0.2, 0.25) is 0 Å². The van der Waals surface area contributed by atoms with Crippen molar-refractivity contribution in [2.24, 2.45) is 0 Å². The Morgan fingerprint density at radius 3 is 2.42 bits per heavy atom. The van der Waals surface area contributed by atoms with Crippen molar-refractivity contribution in [3.63, 3.8) is 0 Å². The average Bonchev–Trinajstić information content (AvgIpc) is 2.91. The molecule has 0 radical (unpaired) electrons. The summed E-state index contributed by atoms with van der Waals surface area (Å²) in [5.41, 5.74) is 1.35. The standard InChI is InChI=1S/C16H26N2O/c1-12(2)19-16-7-5-14(6-8-16)13(3)18(4)15-9-10-17-11-15/h5-8,12-13,15,17H,9-11H2,1-4H3. The molecular formula is C16H26N2O. The molecule has 19 heavy (non-hydrogen) atoms. The average molecular weight is 262 g/mol. The van der Waals surface area contributed by atoms with Gasteiger partial charge in [-0.15, -0.1) is 0 Å². The zero-order valence-electron chi connectivity index (χ0n) is 12.5. The summed E-state index contributed by atoms with van der Waals surface area (Å²) in [5.74, 6) is 0.955. The van der Waals surface area contributed by atoms with Gasteiger partial charge in [0.1, 0.15) is 5.75 Å². The van der Waals surface area contributed by atoms with Crippen molar-refractivity contribution >= 4 is 0 Å². The predicted octanol–water partition coefficient (Wildman–Crippen LogP) is 2.83. The topological polar surface area (TPSA) is 24.5 Å². The lowest BCUT2D eigenvalue weighted by atomic mass is 10.0. The van der Waals surface area contributed by atoms with Crippen molar-refractivity contribution in [1.29, 1.82) is 0 Å². The second-order valence-electron chi connectivity index (χ2n) is 5.72. The Hall–Kier alpha value is -1.06. The van der Waals surface area contributed by atoms with Crippen LogP contribution in [0.4, 0.5) is 0 Å². The quantitative estimate of drug-likeness (QED) is 0.883. The van der Waals surface area contributed by atoms with Crippen LogP contribution in [0.1, 0.15) is 38.8 Å². The summed E-state index contributed by atoms with van der Waals surface area (Å²) in [6.07, 6.45) is 1.48. The first-order chi connectivity index (χ1) is 9.08. The van der Waals surface area contributed by atoms with Crippen LogP contribution >= 0.6 is 0 Å². The Balaban J connectivity index is 2.00. The lowest BCUT2D eigenvalue weighted by Crippen LogP contribution is -2.35. The van der Waals surface area contributed by atoms with Crippen molar-refractivity contribution < 1.29 is 4.74 Å². The van der Waals surface area contributed by atoms with Crippen LogP contribution in [0.15, 0.2) is 24.3 Å². The fourth-order valence-electron chi connectivity index (χ4n) is 2.64. The third-order valence-corrected chi connectivity index (χ3v) is 3.96. The maximum Gasteiger partial charge on any atom is 0.119 e. The van der Waals surface area contributed by atoms with Crippen LogP contribution < -0.4 is 10.1 Å². The summed E-state index contributed by atoms with van der Waals surface area (Å²) in [6.45, 7) is 8.63. The zero-order valence-corrected chi connectivity index (χ0v) is 12.5. The maximum atomic E-state index is 5.69. The lowest BCUT2D eigenvalue weighted by molar-refractivity contribution is 0.196. The predicted molar refractivity (Wildman–Crippen MR) is 79.7 cm³/mol. The molecule has 0 spiro atoms. The molecule has 1 aliphatic heterocycles. The summed E-state index contributed by atoms with van der Waals surface area (Å²) >= 11 is 0. The minimum atomic E-state index is 0.232. The van der Waals surface area contributed by atoms with Crippen molar-refractivity contribution in [2.75, 3.05) is 20.1 Å². The highest BCUT2D eigenvalue weighted by atomic mass is 16.5. The number of rotatable bonds is 5. The van der Waals surface area contributed by atoms with Gasteiger partial charge in [0.2, 0.25) is 0 Å². The van der Waals surface area contributed by atoms with Gasteiger partial charge in [-0.1, -0.05) is 12.1 Å². The monoisotopic (exact) mass is 262 g/mol. The van der Waals surface area contributed by atoms with E-state index in [0.29, 0.717) is 12.1 Å². The Bertz CT molecular complexity index is 382. The highest BCUT2D eigenvalue weighted by molar-refractivity contribution is 5.29. The molecule has 2 rings (SSSR count). The SMILES string of the molecule is CC(C)Oc1ccc(C(C)N(C)C2CCNC2)cc1. The van der Waals surface area contributed by atoms with E-state index in [1.807, 2.05) is 0 Å². The van der Waals surface area contributed by atoms with E-state index < -0.39 is 0 Å². The second kappa shape index (κ2) is 6.40. The number of nitrogens with one attached hydrogen (secondary N) is 1. The molecule has 0 saturated carbocycles. The molecule has 1 N–H and O–H groups in total. The summed E-state index contributed by atoms with van der Waals surface area (Å²) in [6, 6.07) is 9.61. The van der Waals surface area contributed by atoms with E-state index in [1.54, 1.807) is 0 Å². The highest BCUT2D eigenvalue weighted by Crippen LogP contribution is 2.25. The summed E-state index contributed by atoms with van der Waals surface area (Å²) in [5, 5.41) is 3.43. The van der Waals surface area contributed by atoms with E-state index >= 15 is 0 Å². The van der Waals surface area contributed by atoms with Gasteiger partial charge in [-0.25, -0.2) is 0 Å². The number of hydrogen-bond donors (Lipinski definition) is 1. The van der Waals surface area contributed by atoms with Gasteiger partial charge in [0.25, 0.3) is 0 Å². The lowest BCUT2D eigenvalue weighted by Gasteiger charge is -2.30. The molecule has 106 valence electrons. The molecule has 3 heteroatoms. The van der Waals surface area contributed by atoms with Crippen LogP contribution in [-0.4, -0.2) is 37.2 Å². The molecular weight excluding hydrogens is 236 g/mol. The number of ether oxygens (including phenoxy) is 1. The minimum absolute atomic E-state index is 0.232. The Kier molecular flexibility index (Phi) is 4.83. The molecule has 3 nitrogen and oxygen atoms in total. The molecule has 1 aromatic carbocycles. The van der Waals surface area contributed by atoms with E-state index in [1.165, 1.54) is 12.0 Å². The number of nitrogens with zero attached hydrogens (tertiary/aromatic N) is 1. The van der Waals surface area contributed by atoms with Crippen LogP contribution in [0.5, 0.6) is 5.75 Å².